The van der Waals surface area contributed by atoms with Crippen LogP contribution in [0.2, 0.25) is 0 Å². The summed E-state index contributed by atoms with van der Waals surface area (Å²) in [5, 5.41) is -0.713. The third kappa shape index (κ3) is 8.64. The lowest BCUT2D eigenvalue weighted by Gasteiger charge is -2.39. The van der Waals surface area contributed by atoms with Crippen molar-refractivity contribution in [1.82, 2.24) is 0 Å². The molecule has 0 bridgehead atoms. The normalized spacial score (nSPS) is 17.5. The van der Waals surface area contributed by atoms with Gasteiger partial charge in [-0.3, -0.25) is 24.0 Å². The third-order valence-corrected chi connectivity index (χ3v) is 6.33. The number of para-hydroxylation sites is 1. The molecule has 5 atom stereocenters. The lowest BCUT2D eigenvalue weighted by atomic mass is 10.0. The van der Waals surface area contributed by atoms with E-state index in [1.807, 2.05) is 24.3 Å². The molecule has 1 aliphatic rings. The second-order valence-corrected chi connectivity index (χ2v) is 9.19. The van der Waals surface area contributed by atoms with Crippen molar-refractivity contribution in [2.24, 2.45) is 0 Å². The van der Waals surface area contributed by atoms with Crippen LogP contribution in [0, 0.1) is 0 Å². The Bertz CT molecular complexity index is 1000. The number of methoxy groups -OCH3 is 1. The number of hydrogen-bond donors (Lipinski definition) is 0. The summed E-state index contributed by atoms with van der Waals surface area (Å²) in [4.78, 5) is 62.7. The minimum absolute atomic E-state index is 0.0816. The molecular formula is C24H31NO11S. The summed E-state index contributed by atoms with van der Waals surface area (Å²) < 4.78 is 32.4. The molecule has 1 aromatic carbocycles. The largest absolute Gasteiger partial charge is 0.462 e. The molecule has 13 heteroatoms. The second kappa shape index (κ2) is 13.8. The minimum Gasteiger partial charge on any atom is -0.462 e. The van der Waals surface area contributed by atoms with Crippen LogP contribution < -0.4 is 4.90 Å². The molecule has 37 heavy (non-hydrogen) atoms. The van der Waals surface area contributed by atoms with Gasteiger partial charge < -0.3 is 33.3 Å². The van der Waals surface area contributed by atoms with Crippen LogP contribution in [0.15, 0.2) is 29.2 Å². The average molecular weight is 542 g/mol. The maximum absolute atomic E-state index is 12.3. The molecule has 0 unspecified atom stereocenters. The number of rotatable bonds is 12. The number of carbonyl (C=O) groups excluding carboxylic acids is 5. The third-order valence-electron chi connectivity index (χ3n) is 4.97. The summed E-state index contributed by atoms with van der Waals surface area (Å²) in [6, 6.07) is 7.37. The molecule has 1 aliphatic heterocycles. The Morgan fingerprint density at radius 3 is 1.92 bits per heavy atom. The molecule has 2 rings (SSSR count). The summed E-state index contributed by atoms with van der Waals surface area (Å²) in [6.07, 6.45) is -5.63. The summed E-state index contributed by atoms with van der Waals surface area (Å²) in [6.45, 7) is 5.22. The topological polar surface area (TPSA) is 144 Å². The average Bonchev–Trinajstić information content (AvgIpc) is 3.15. The standard InChI is InChI=1S/C24H31NO11S/c1-13(26)32-11-19(33-14(2)27)21(34-15(3)28)22(35-16(4)29)23(36-17(5)30)24-25(12-31-6)18-9-7-8-10-20(18)37-24/h7-10,19,21-24H,11-12H2,1-6H3/t19-,21-,22-,23-,24-/m1/s1. The lowest BCUT2D eigenvalue weighted by Crippen LogP contribution is -2.58. The van der Waals surface area contributed by atoms with Gasteiger partial charge in [-0.15, -0.1) is 0 Å². The van der Waals surface area contributed by atoms with Gasteiger partial charge in [-0.25, -0.2) is 0 Å². The molecule has 0 spiro atoms. The number of carbonyl (C=O) groups is 5. The smallest absolute Gasteiger partial charge is 0.303 e. The van der Waals surface area contributed by atoms with E-state index in [1.165, 1.54) is 25.8 Å². The van der Waals surface area contributed by atoms with Crippen molar-refractivity contribution < 1.29 is 52.4 Å². The van der Waals surface area contributed by atoms with Crippen molar-refractivity contribution in [1.29, 1.82) is 0 Å². The summed E-state index contributed by atoms with van der Waals surface area (Å²) >= 11 is 1.31. The molecule has 0 saturated heterocycles. The first-order chi connectivity index (χ1) is 17.4. The summed E-state index contributed by atoms with van der Waals surface area (Å²) in [5.41, 5.74) is 0.776. The Hall–Kier alpha value is -3.32. The van der Waals surface area contributed by atoms with Gasteiger partial charge in [0.15, 0.2) is 24.4 Å². The summed E-state index contributed by atoms with van der Waals surface area (Å²) in [5.74, 6) is -3.76. The Balaban J connectivity index is 2.63. The van der Waals surface area contributed by atoms with E-state index < -0.39 is 66.2 Å². The molecule has 204 valence electrons. The molecule has 0 aromatic heterocycles. The number of anilines is 1. The lowest BCUT2D eigenvalue weighted by molar-refractivity contribution is -0.202. The zero-order chi connectivity index (χ0) is 27.7. The Morgan fingerprint density at radius 1 is 0.811 bits per heavy atom. The van der Waals surface area contributed by atoms with E-state index >= 15 is 0 Å². The van der Waals surface area contributed by atoms with Gasteiger partial charge in [0.2, 0.25) is 0 Å². The number of hydrogen-bond acceptors (Lipinski definition) is 13. The molecule has 0 saturated carbocycles. The Morgan fingerprint density at radius 2 is 1.38 bits per heavy atom. The number of benzene rings is 1. The molecule has 1 aromatic rings. The van der Waals surface area contributed by atoms with Gasteiger partial charge >= 0.3 is 29.8 Å². The molecule has 12 nitrogen and oxygen atoms in total. The van der Waals surface area contributed by atoms with E-state index in [9.17, 15) is 24.0 Å². The van der Waals surface area contributed by atoms with Gasteiger partial charge in [-0.05, 0) is 12.1 Å². The highest BCUT2D eigenvalue weighted by Crippen LogP contribution is 2.46. The van der Waals surface area contributed by atoms with E-state index in [0.717, 1.165) is 38.3 Å². The number of esters is 5. The highest BCUT2D eigenvalue weighted by atomic mass is 32.2. The fourth-order valence-electron chi connectivity index (χ4n) is 3.80. The molecular weight excluding hydrogens is 510 g/mol. The quantitative estimate of drug-likeness (QED) is 0.280. The van der Waals surface area contributed by atoms with Crippen LogP contribution in [0.1, 0.15) is 34.6 Å². The number of nitrogens with zero attached hydrogens (tertiary/aromatic N) is 1. The van der Waals surface area contributed by atoms with Crippen molar-refractivity contribution in [2.75, 3.05) is 25.3 Å². The van der Waals surface area contributed by atoms with Crippen molar-refractivity contribution in [3.05, 3.63) is 24.3 Å². The van der Waals surface area contributed by atoms with Gasteiger partial charge in [0.1, 0.15) is 18.7 Å². The predicted octanol–water partition coefficient (Wildman–Crippen LogP) is 1.82. The van der Waals surface area contributed by atoms with Crippen LogP contribution in [-0.4, -0.2) is 80.1 Å². The SMILES string of the molecule is COCN1c2ccccc2S[C@@H]1[C@H](OC(C)=O)[C@H](OC(C)=O)[C@H](OC(C)=O)[C@@H](COC(C)=O)OC(C)=O. The highest BCUT2D eigenvalue weighted by Gasteiger charge is 2.50. The van der Waals surface area contributed by atoms with Crippen LogP contribution in [0.4, 0.5) is 5.69 Å². The summed E-state index contributed by atoms with van der Waals surface area (Å²) in [7, 11) is 1.49. The molecule has 0 fully saturated rings. The van der Waals surface area contributed by atoms with Crippen molar-refractivity contribution in [3.63, 3.8) is 0 Å². The van der Waals surface area contributed by atoms with Gasteiger partial charge in [-0.2, -0.15) is 0 Å². The van der Waals surface area contributed by atoms with Crippen LogP contribution in [-0.2, 0) is 52.4 Å². The van der Waals surface area contributed by atoms with Crippen molar-refractivity contribution in [2.45, 2.75) is 69.3 Å². The van der Waals surface area contributed by atoms with Crippen LogP contribution in [0.25, 0.3) is 0 Å². The van der Waals surface area contributed by atoms with Crippen LogP contribution in [0.3, 0.4) is 0 Å². The molecule has 0 N–H and O–H groups in total. The maximum Gasteiger partial charge on any atom is 0.303 e. The van der Waals surface area contributed by atoms with Gasteiger partial charge in [0.25, 0.3) is 0 Å². The van der Waals surface area contributed by atoms with Gasteiger partial charge in [0, 0.05) is 46.6 Å². The fourth-order valence-corrected chi connectivity index (χ4v) is 5.17. The van der Waals surface area contributed by atoms with Crippen molar-refractivity contribution >= 4 is 47.3 Å². The van der Waals surface area contributed by atoms with E-state index in [2.05, 4.69) is 0 Å². The number of fused-ring (bicyclic) bond motifs is 1. The Kier molecular flexibility index (Phi) is 11.2. The maximum atomic E-state index is 12.3. The Labute approximate surface area is 218 Å². The minimum atomic E-state index is -1.51. The van der Waals surface area contributed by atoms with Gasteiger partial charge in [-0.1, -0.05) is 23.9 Å². The number of ether oxygens (including phenoxy) is 6. The fraction of sp³-hybridized carbons (Fsp3) is 0.542. The van der Waals surface area contributed by atoms with E-state index in [0.29, 0.717) is 0 Å². The van der Waals surface area contributed by atoms with Crippen LogP contribution in [0.5, 0.6) is 0 Å². The zero-order valence-corrected chi connectivity index (χ0v) is 22.3. The number of thioether (sulfide) groups is 1. The monoisotopic (exact) mass is 541 g/mol. The van der Waals surface area contributed by atoms with E-state index in [4.69, 9.17) is 28.4 Å². The first kappa shape index (κ1) is 29.9. The van der Waals surface area contributed by atoms with Crippen molar-refractivity contribution in [3.8, 4) is 0 Å². The highest BCUT2D eigenvalue weighted by molar-refractivity contribution is 8.00. The first-order valence-corrected chi connectivity index (χ1v) is 12.2. The zero-order valence-electron chi connectivity index (χ0n) is 21.5. The van der Waals surface area contributed by atoms with Crippen LogP contribution >= 0.6 is 11.8 Å². The second-order valence-electron chi connectivity index (χ2n) is 8.04. The predicted molar refractivity (Wildman–Crippen MR) is 129 cm³/mol. The molecule has 1 heterocycles. The van der Waals surface area contributed by atoms with E-state index in [-0.39, 0.29) is 6.73 Å². The molecule has 0 amide bonds. The molecule has 0 aliphatic carbocycles. The molecule has 0 radical (unpaired) electrons. The van der Waals surface area contributed by atoms with Gasteiger partial charge in [0.05, 0.1) is 5.69 Å². The van der Waals surface area contributed by atoms with E-state index in [1.54, 1.807) is 4.90 Å². The first-order valence-electron chi connectivity index (χ1n) is 11.3.